The monoisotopic (exact) mass is 347 g/mol. The van der Waals surface area contributed by atoms with Gasteiger partial charge in [0, 0.05) is 18.4 Å². The van der Waals surface area contributed by atoms with Crippen LogP contribution in [0.5, 0.6) is 0 Å². The first-order valence-corrected chi connectivity index (χ1v) is 7.84. The average Bonchev–Trinajstić information content (AvgIpc) is 2.53. The Kier molecular flexibility index (Phi) is 5.53. The first-order chi connectivity index (χ1) is 11.7. The zero-order chi connectivity index (χ0) is 18.6. The quantitative estimate of drug-likeness (QED) is 0.724. The van der Waals surface area contributed by atoms with E-state index >= 15 is 0 Å². The summed E-state index contributed by atoms with van der Waals surface area (Å²) in [5, 5.41) is 18.4. The van der Waals surface area contributed by atoms with Crippen molar-refractivity contribution in [3.8, 4) is 0 Å². The second-order valence-electron chi connectivity index (χ2n) is 6.56. The van der Waals surface area contributed by atoms with E-state index in [2.05, 4.69) is 15.5 Å². The van der Waals surface area contributed by atoms with E-state index < -0.39 is 29.1 Å². The molecule has 1 atom stereocenters. The molecule has 25 heavy (non-hydrogen) atoms. The fourth-order valence-corrected chi connectivity index (χ4v) is 2.25. The zero-order valence-electron chi connectivity index (χ0n) is 14.3. The molecule has 1 aromatic heterocycles. The lowest BCUT2D eigenvalue weighted by Crippen LogP contribution is -2.42. The molecule has 8 heteroatoms. The van der Waals surface area contributed by atoms with Crippen LogP contribution < -0.4 is 10.9 Å². The maximum Gasteiger partial charge on any atom is 0.326 e. The standard InChI is InChI=1S/C17H21N3O5/c1-17(2,3)25-9-8-12(16(23)24)18-15(22)13-10-6-4-5-7-11(10)14(21)20-19-13/h4-7,12H,8-9H2,1-3H3,(H,18,22)(H,20,21)(H,23,24). The number of benzene rings is 1. The van der Waals surface area contributed by atoms with Gasteiger partial charge in [-0.2, -0.15) is 5.10 Å². The Morgan fingerprint density at radius 1 is 1.28 bits per heavy atom. The van der Waals surface area contributed by atoms with Gasteiger partial charge in [0.15, 0.2) is 5.69 Å². The van der Waals surface area contributed by atoms with Gasteiger partial charge in [-0.25, -0.2) is 9.89 Å². The second-order valence-corrected chi connectivity index (χ2v) is 6.56. The van der Waals surface area contributed by atoms with Gasteiger partial charge in [0.1, 0.15) is 6.04 Å². The van der Waals surface area contributed by atoms with E-state index in [0.29, 0.717) is 10.8 Å². The van der Waals surface area contributed by atoms with Crippen LogP contribution in [-0.2, 0) is 9.53 Å². The predicted molar refractivity (Wildman–Crippen MR) is 91.6 cm³/mol. The molecule has 0 saturated heterocycles. The molecule has 1 unspecified atom stereocenters. The second kappa shape index (κ2) is 7.43. The van der Waals surface area contributed by atoms with Crippen molar-refractivity contribution in [3.05, 3.63) is 40.3 Å². The van der Waals surface area contributed by atoms with Crippen LogP contribution in [0.1, 0.15) is 37.7 Å². The number of hydrogen-bond acceptors (Lipinski definition) is 5. The number of fused-ring (bicyclic) bond motifs is 1. The Morgan fingerprint density at radius 3 is 2.52 bits per heavy atom. The summed E-state index contributed by atoms with van der Waals surface area (Å²) in [7, 11) is 0. The van der Waals surface area contributed by atoms with Crippen LogP contribution in [-0.4, -0.2) is 45.4 Å². The molecule has 0 spiro atoms. The number of carbonyl (C=O) groups is 2. The van der Waals surface area contributed by atoms with Crippen molar-refractivity contribution in [2.45, 2.75) is 38.8 Å². The Bertz CT molecular complexity index is 838. The first-order valence-electron chi connectivity index (χ1n) is 7.84. The van der Waals surface area contributed by atoms with Crippen molar-refractivity contribution in [2.75, 3.05) is 6.61 Å². The summed E-state index contributed by atoms with van der Waals surface area (Å²) in [6.45, 7) is 5.76. The summed E-state index contributed by atoms with van der Waals surface area (Å²) < 4.78 is 5.51. The number of aliphatic carboxylic acids is 1. The molecule has 0 saturated carbocycles. The van der Waals surface area contributed by atoms with Gasteiger partial charge in [0.2, 0.25) is 0 Å². The third-order valence-electron chi connectivity index (χ3n) is 3.46. The Morgan fingerprint density at radius 2 is 1.92 bits per heavy atom. The number of hydrogen-bond donors (Lipinski definition) is 3. The molecule has 0 bridgehead atoms. The molecule has 0 aliphatic heterocycles. The fraction of sp³-hybridized carbons (Fsp3) is 0.412. The topological polar surface area (TPSA) is 121 Å². The number of aromatic amines is 1. The lowest BCUT2D eigenvalue weighted by Gasteiger charge is -2.21. The molecular formula is C17H21N3O5. The number of carboxylic acid groups (broad SMARTS) is 1. The smallest absolute Gasteiger partial charge is 0.326 e. The number of aromatic nitrogens is 2. The van der Waals surface area contributed by atoms with Gasteiger partial charge < -0.3 is 15.2 Å². The molecule has 1 heterocycles. The molecule has 0 aliphatic rings. The Hall–Kier alpha value is -2.74. The van der Waals surface area contributed by atoms with Crippen LogP contribution >= 0.6 is 0 Å². The number of carbonyl (C=O) groups excluding carboxylic acids is 1. The Balaban J connectivity index is 2.18. The minimum atomic E-state index is -1.17. The van der Waals surface area contributed by atoms with Gasteiger partial charge in [0.05, 0.1) is 11.0 Å². The van der Waals surface area contributed by atoms with Crippen molar-refractivity contribution in [1.82, 2.24) is 15.5 Å². The maximum atomic E-state index is 12.4. The average molecular weight is 347 g/mol. The molecule has 8 nitrogen and oxygen atoms in total. The van der Waals surface area contributed by atoms with E-state index in [1.807, 2.05) is 20.8 Å². The van der Waals surface area contributed by atoms with Crippen LogP contribution in [0.25, 0.3) is 10.8 Å². The molecule has 2 aromatic rings. The predicted octanol–water partition coefficient (Wildman–Crippen LogP) is 1.31. The largest absolute Gasteiger partial charge is 0.480 e. The van der Waals surface area contributed by atoms with Crippen molar-refractivity contribution < 1.29 is 19.4 Å². The summed E-state index contributed by atoms with van der Waals surface area (Å²) in [5.41, 5.74) is -0.845. The highest BCUT2D eigenvalue weighted by Crippen LogP contribution is 2.13. The van der Waals surface area contributed by atoms with Gasteiger partial charge >= 0.3 is 5.97 Å². The van der Waals surface area contributed by atoms with E-state index in [-0.39, 0.29) is 18.7 Å². The van der Waals surface area contributed by atoms with E-state index in [9.17, 15) is 19.5 Å². The molecular weight excluding hydrogens is 326 g/mol. The molecule has 3 N–H and O–H groups in total. The molecule has 0 aliphatic carbocycles. The van der Waals surface area contributed by atoms with Crippen LogP contribution in [0.3, 0.4) is 0 Å². The summed E-state index contributed by atoms with van der Waals surface area (Å²) in [6.07, 6.45) is 0.111. The molecule has 1 amide bonds. The number of H-pyrrole nitrogens is 1. The first kappa shape index (κ1) is 18.6. The van der Waals surface area contributed by atoms with Gasteiger partial charge in [-0.05, 0) is 26.8 Å². The van der Waals surface area contributed by atoms with Crippen molar-refractivity contribution >= 4 is 22.6 Å². The number of nitrogens with one attached hydrogen (secondary N) is 2. The van der Waals surface area contributed by atoms with E-state index in [1.54, 1.807) is 24.3 Å². The number of amides is 1. The van der Waals surface area contributed by atoms with E-state index in [4.69, 9.17) is 4.74 Å². The minimum absolute atomic E-state index is 0.0295. The van der Waals surface area contributed by atoms with Crippen LogP contribution in [0.4, 0.5) is 0 Å². The van der Waals surface area contributed by atoms with Crippen molar-refractivity contribution in [3.63, 3.8) is 0 Å². The lowest BCUT2D eigenvalue weighted by molar-refractivity contribution is -0.140. The van der Waals surface area contributed by atoms with Gasteiger partial charge in [-0.15, -0.1) is 0 Å². The highest BCUT2D eigenvalue weighted by Gasteiger charge is 2.23. The zero-order valence-corrected chi connectivity index (χ0v) is 14.3. The summed E-state index contributed by atoms with van der Waals surface area (Å²) in [4.78, 5) is 35.6. The summed E-state index contributed by atoms with van der Waals surface area (Å²) >= 11 is 0. The summed E-state index contributed by atoms with van der Waals surface area (Å²) in [5.74, 6) is -1.84. The highest BCUT2D eigenvalue weighted by molar-refractivity contribution is 6.05. The third-order valence-corrected chi connectivity index (χ3v) is 3.46. The van der Waals surface area contributed by atoms with Crippen LogP contribution in [0.2, 0.25) is 0 Å². The van der Waals surface area contributed by atoms with Gasteiger partial charge in [-0.3, -0.25) is 9.59 Å². The number of carboxylic acids is 1. The molecule has 0 fully saturated rings. The third kappa shape index (κ3) is 4.87. The fourth-order valence-electron chi connectivity index (χ4n) is 2.25. The van der Waals surface area contributed by atoms with Gasteiger partial charge in [-0.1, -0.05) is 18.2 Å². The van der Waals surface area contributed by atoms with E-state index in [0.717, 1.165) is 0 Å². The number of rotatable bonds is 6. The van der Waals surface area contributed by atoms with Crippen LogP contribution in [0.15, 0.2) is 29.1 Å². The van der Waals surface area contributed by atoms with Crippen molar-refractivity contribution in [2.24, 2.45) is 0 Å². The molecule has 134 valence electrons. The SMILES string of the molecule is CC(C)(C)OCCC(NC(=O)c1n[nH]c(=O)c2ccccc12)C(=O)O. The van der Waals surface area contributed by atoms with Gasteiger partial charge in [0.25, 0.3) is 11.5 Å². The van der Waals surface area contributed by atoms with Crippen LogP contribution in [0, 0.1) is 0 Å². The number of nitrogens with zero attached hydrogens (tertiary/aromatic N) is 1. The number of ether oxygens (including phenoxy) is 1. The minimum Gasteiger partial charge on any atom is -0.480 e. The normalized spacial score (nSPS) is 12.8. The maximum absolute atomic E-state index is 12.4. The molecule has 0 radical (unpaired) electrons. The highest BCUT2D eigenvalue weighted by atomic mass is 16.5. The van der Waals surface area contributed by atoms with E-state index in [1.165, 1.54) is 0 Å². The summed E-state index contributed by atoms with van der Waals surface area (Å²) in [6, 6.07) is 5.38. The van der Waals surface area contributed by atoms with Crippen molar-refractivity contribution in [1.29, 1.82) is 0 Å². The molecule has 1 aromatic carbocycles. The lowest BCUT2D eigenvalue weighted by atomic mass is 10.1. The Labute approximate surface area is 144 Å². The molecule has 2 rings (SSSR count).